The van der Waals surface area contributed by atoms with E-state index in [9.17, 15) is 13.2 Å². The Kier molecular flexibility index (Phi) is 2.82. The number of alkyl halides is 3. The summed E-state index contributed by atoms with van der Waals surface area (Å²) in [7, 11) is 0. The molecule has 0 spiro atoms. The summed E-state index contributed by atoms with van der Waals surface area (Å²) in [5, 5.41) is 0.765. The van der Waals surface area contributed by atoms with Crippen LogP contribution in [0.15, 0.2) is 30.3 Å². The van der Waals surface area contributed by atoms with Crippen LogP contribution < -0.4 is 0 Å². The topological polar surface area (TPSA) is 25.0 Å². The molecule has 16 heavy (non-hydrogen) atoms. The molecular formula is C10H6ClF3NO. The molecule has 0 unspecified atom stereocenters. The van der Waals surface area contributed by atoms with Crippen molar-refractivity contribution in [2.24, 2.45) is 0 Å². The van der Waals surface area contributed by atoms with Gasteiger partial charge in [-0.3, -0.25) is 4.74 Å². The van der Waals surface area contributed by atoms with Crippen molar-refractivity contribution in [2.45, 2.75) is 6.36 Å². The number of rotatable bonds is 2. The fourth-order valence-corrected chi connectivity index (χ4v) is 1.53. The van der Waals surface area contributed by atoms with E-state index in [0.717, 1.165) is 5.39 Å². The SMILES string of the molecule is FC(F)(F)O[C](Cl)c1cc2ccccc2[nH]1. The van der Waals surface area contributed by atoms with E-state index in [0.29, 0.717) is 5.52 Å². The zero-order valence-corrected chi connectivity index (χ0v) is 8.56. The molecule has 0 aliphatic rings. The molecule has 85 valence electrons. The van der Waals surface area contributed by atoms with Crippen LogP contribution in [-0.4, -0.2) is 11.3 Å². The van der Waals surface area contributed by atoms with E-state index < -0.39 is 11.9 Å². The van der Waals surface area contributed by atoms with Gasteiger partial charge >= 0.3 is 6.36 Å². The molecule has 2 aromatic rings. The Morgan fingerprint density at radius 3 is 2.56 bits per heavy atom. The lowest BCUT2D eigenvalue weighted by atomic mass is 10.2. The maximum atomic E-state index is 11.9. The number of halogens is 4. The maximum Gasteiger partial charge on any atom is 0.524 e. The molecule has 0 aliphatic heterocycles. The molecule has 6 heteroatoms. The largest absolute Gasteiger partial charge is 0.524 e. The Balaban J connectivity index is 2.26. The standard InChI is InChI=1S/C10H6ClF3NO/c11-9(16-10(12,13)14)8-5-6-3-1-2-4-7(6)15-8/h1-5,15H. The number of hydrogen-bond acceptors (Lipinski definition) is 1. The summed E-state index contributed by atoms with van der Waals surface area (Å²) in [5.74, 6) is 0. The number of aromatic amines is 1. The second kappa shape index (κ2) is 3.99. The van der Waals surface area contributed by atoms with Gasteiger partial charge in [0.2, 0.25) is 5.56 Å². The quantitative estimate of drug-likeness (QED) is 0.860. The highest BCUT2D eigenvalue weighted by atomic mass is 35.5. The number of hydrogen-bond donors (Lipinski definition) is 1. The number of aromatic nitrogens is 1. The number of nitrogens with one attached hydrogen (secondary N) is 1. The van der Waals surface area contributed by atoms with Crippen LogP contribution in [0.25, 0.3) is 10.9 Å². The third kappa shape index (κ3) is 2.48. The molecule has 0 fully saturated rings. The minimum absolute atomic E-state index is 0.0974. The van der Waals surface area contributed by atoms with Crippen molar-refractivity contribution in [2.75, 3.05) is 0 Å². The van der Waals surface area contributed by atoms with Crippen molar-refractivity contribution in [3.63, 3.8) is 0 Å². The van der Waals surface area contributed by atoms with E-state index in [1.165, 1.54) is 6.07 Å². The minimum Gasteiger partial charge on any atom is -0.355 e. The van der Waals surface area contributed by atoms with Crippen molar-refractivity contribution >= 4 is 22.5 Å². The first-order valence-corrected chi connectivity index (χ1v) is 4.70. The average molecular weight is 249 g/mol. The minimum atomic E-state index is -4.78. The lowest BCUT2D eigenvalue weighted by Gasteiger charge is -2.09. The molecule has 0 amide bonds. The molecule has 1 radical (unpaired) electrons. The van der Waals surface area contributed by atoms with Gasteiger partial charge in [-0.15, -0.1) is 13.2 Å². The zero-order valence-electron chi connectivity index (χ0n) is 7.81. The normalized spacial score (nSPS) is 12.6. The highest BCUT2D eigenvalue weighted by Crippen LogP contribution is 2.30. The van der Waals surface area contributed by atoms with Gasteiger partial charge in [0.05, 0.1) is 5.69 Å². The molecule has 1 aromatic carbocycles. The molecule has 0 aliphatic carbocycles. The van der Waals surface area contributed by atoms with Crippen LogP contribution in [0.1, 0.15) is 5.69 Å². The average Bonchev–Trinajstić information content (AvgIpc) is 2.58. The van der Waals surface area contributed by atoms with Crippen LogP contribution in [0.4, 0.5) is 13.2 Å². The summed E-state index contributed by atoms with van der Waals surface area (Å²) in [6, 6.07) is 8.52. The van der Waals surface area contributed by atoms with E-state index in [1.54, 1.807) is 24.3 Å². The molecule has 0 saturated heterocycles. The first-order valence-electron chi connectivity index (χ1n) is 4.32. The monoisotopic (exact) mass is 248 g/mol. The van der Waals surface area contributed by atoms with Gasteiger partial charge in [0.1, 0.15) is 0 Å². The summed E-state index contributed by atoms with van der Waals surface area (Å²) < 4.78 is 39.3. The number of H-pyrrole nitrogens is 1. The van der Waals surface area contributed by atoms with Gasteiger partial charge in [-0.1, -0.05) is 29.8 Å². The summed E-state index contributed by atoms with van der Waals surface area (Å²) >= 11 is 5.41. The van der Waals surface area contributed by atoms with Crippen LogP contribution in [0.3, 0.4) is 0 Å². The van der Waals surface area contributed by atoms with Gasteiger partial charge in [-0.05, 0) is 17.5 Å². The van der Waals surface area contributed by atoms with E-state index in [2.05, 4.69) is 9.72 Å². The van der Waals surface area contributed by atoms with E-state index in [4.69, 9.17) is 11.6 Å². The van der Waals surface area contributed by atoms with Crippen molar-refractivity contribution in [3.05, 3.63) is 41.6 Å². The molecule has 0 atom stereocenters. The van der Waals surface area contributed by atoms with Gasteiger partial charge in [0.15, 0.2) is 0 Å². The Hall–Kier alpha value is -1.20. The van der Waals surface area contributed by atoms with Gasteiger partial charge in [0, 0.05) is 5.52 Å². The second-order valence-corrected chi connectivity index (χ2v) is 3.44. The summed E-state index contributed by atoms with van der Waals surface area (Å²) in [6.07, 6.45) is -4.78. The Morgan fingerprint density at radius 2 is 1.94 bits per heavy atom. The third-order valence-corrected chi connectivity index (χ3v) is 2.23. The maximum absolute atomic E-state index is 11.9. The molecule has 1 aromatic heterocycles. The lowest BCUT2D eigenvalue weighted by molar-refractivity contribution is -0.310. The predicted octanol–water partition coefficient (Wildman–Crippen LogP) is 3.78. The number of fused-ring (bicyclic) bond motifs is 1. The molecule has 0 bridgehead atoms. The lowest BCUT2D eigenvalue weighted by Crippen LogP contribution is -2.15. The van der Waals surface area contributed by atoms with E-state index in [1.807, 2.05) is 0 Å². The molecule has 2 nitrogen and oxygen atoms in total. The molecule has 1 N–H and O–H groups in total. The first-order chi connectivity index (χ1) is 7.46. The van der Waals surface area contributed by atoms with Crippen LogP contribution in [-0.2, 0) is 4.74 Å². The first kappa shape index (κ1) is 11.3. The van der Waals surface area contributed by atoms with Crippen molar-refractivity contribution in [1.82, 2.24) is 4.98 Å². The number of ether oxygens (including phenoxy) is 1. The Morgan fingerprint density at radius 1 is 1.25 bits per heavy atom. The molecule has 1 heterocycles. The van der Waals surface area contributed by atoms with E-state index in [-0.39, 0.29) is 5.69 Å². The highest BCUT2D eigenvalue weighted by Gasteiger charge is 2.34. The molecule has 0 saturated carbocycles. The Bertz CT molecular complexity index is 461. The van der Waals surface area contributed by atoms with Crippen LogP contribution in [0, 0.1) is 5.56 Å². The highest BCUT2D eigenvalue weighted by molar-refractivity contribution is 6.27. The summed E-state index contributed by atoms with van der Waals surface area (Å²) in [4.78, 5) is 2.72. The fraction of sp³-hybridized carbons (Fsp3) is 0.100. The summed E-state index contributed by atoms with van der Waals surface area (Å²) in [5.41, 5.74) is 0.0744. The van der Waals surface area contributed by atoms with Crippen LogP contribution in [0.5, 0.6) is 0 Å². The Labute approximate surface area is 94.0 Å². The number of para-hydroxylation sites is 1. The molecule has 2 rings (SSSR count). The van der Waals surface area contributed by atoms with Crippen molar-refractivity contribution < 1.29 is 17.9 Å². The third-order valence-electron chi connectivity index (χ3n) is 1.95. The fourth-order valence-electron chi connectivity index (χ4n) is 1.34. The van der Waals surface area contributed by atoms with Gasteiger partial charge in [-0.2, -0.15) is 0 Å². The van der Waals surface area contributed by atoms with Crippen molar-refractivity contribution in [1.29, 1.82) is 0 Å². The van der Waals surface area contributed by atoms with Crippen molar-refractivity contribution in [3.8, 4) is 0 Å². The zero-order chi connectivity index (χ0) is 11.8. The summed E-state index contributed by atoms with van der Waals surface area (Å²) in [6.45, 7) is 0. The van der Waals surface area contributed by atoms with Gasteiger partial charge < -0.3 is 4.98 Å². The van der Waals surface area contributed by atoms with Crippen LogP contribution in [0.2, 0.25) is 0 Å². The molecular weight excluding hydrogens is 243 g/mol. The number of benzene rings is 1. The van der Waals surface area contributed by atoms with Gasteiger partial charge in [-0.25, -0.2) is 0 Å². The second-order valence-electron chi connectivity index (χ2n) is 3.09. The van der Waals surface area contributed by atoms with Crippen LogP contribution >= 0.6 is 11.6 Å². The van der Waals surface area contributed by atoms with Gasteiger partial charge in [0.25, 0.3) is 0 Å². The predicted molar refractivity (Wildman–Crippen MR) is 53.6 cm³/mol. The smallest absolute Gasteiger partial charge is 0.355 e. The van der Waals surface area contributed by atoms with E-state index >= 15 is 0 Å².